The summed E-state index contributed by atoms with van der Waals surface area (Å²) in [6.07, 6.45) is 8.79. The molecule has 92 valence electrons. The van der Waals surface area contributed by atoms with Crippen molar-refractivity contribution in [2.45, 2.75) is 44.9 Å². The van der Waals surface area contributed by atoms with Gasteiger partial charge in [0.25, 0.3) is 0 Å². The standard InChI is InChI=1S/C13H23NO2/c15-13(16)12-7-4-8-14(10-12)9-11-5-2-1-3-6-11/h11-12H,1-10H2,(H,15,16)/t12-/m1/s1. The minimum Gasteiger partial charge on any atom is -0.481 e. The molecule has 0 bridgehead atoms. The van der Waals surface area contributed by atoms with Crippen LogP contribution < -0.4 is 0 Å². The zero-order valence-electron chi connectivity index (χ0n) is 10.0. The Kier molecular flexibility index (Phi) is 4.22. The number of carbonyl (C=O) groups is 1. The number of hydrogen-bond acceptors (Lipinski definition) is 2. The molecule has 1 saturated heterocycles. The molecule has 2 fully saturated rings. The molecule has 0 unspecified atom stereocenters. The fourth-order valence-corrected chi connectivity index (χ4v) is 3.16. The topological polar surface area (TPSA) is 40.5 Å². The third-order valence-corrected chi connectivity index (χ3v) is 4.10. The maximum Gasteiger partial charge on any atom is 0.307 e. The van der Waals surface area contributed by atoms with E-state index in [4.69, 9.17) is 5.11 Å². The van der Waals surface area contributed by atoms with E-state index in [1.165, 1.54) is 32.1 Å². The summed E-state index contributed by atoms with van der Waals surface area (Å²) in [6, 6.07) is 0. The second-order valence-electron chi connectivity index (χ2n) is 5.44. The SMILES string of the molecule is O=C(O)[C@@H]1CCCN(CC2CCCCC2)C1. The molecule has 3 nitrogen and oxygen atoms in total. The van der Waals surface area contributed by atoms with Gasteiger partial charge in [-0.05, 0) is 38.1 Å². The van der Waals surface area contributed by atoms with Crippen LogP contribution in [0.25, 0.3) is 0 Å². The lowest BCUT2D eigenvalue weighted by Gasteiger charge is -2.34. The third kappa shape index (κ3) is 3.21. The van der Waals surface area contributed by atoms with E-state index in [9.17, 15) is 4.79 Å². The summed E-state index contributed by atoms with van der Waals surface area (Å²) in [5.74, 6) is 0.118. The van der Waals surface area contributed by atoms with Crippen molar-refractivity contribution in [2.24, 2.45) is 11.8 Å². The zero-order valence-corrected chi connectivity index (χ0v) is 10.0. The molecule has 0 aromatic carbocycles. The lowest BCUT2D eigenvalue weighted by Crippen LogP contribution is -2.41. The van der Waals surface area contributed by atoms with Gasteiger partial charge >= 0.3 is 5.97 Å². The minimum atomic E-state index is -0.603. The molecule has 1 heterocycles. The number of rotatable bonds is 3. The van der Waals surface area contributed by atoms with Crippen LogP contribution in [0.5, 0.6) is 0 Å². The number of aliphatic carboxylic acids is 1. The summed E-state index contributed by atoms with van der Waals surface area (Å²) in [4.78, 5) is 13.4. The Balaban J connectivity index is 1.78. The maximum atomic E-state index is 11.0. The van der Waals surface area contributed by atoms with E-state index in [0.717, 1.165) is 38.4 Å². The Morgan fingerprint density at radius 3 is 2.56 bits per heavy atom. The Hall–Kier alpha value is -0.570. The van der Waals surface area contributed by atoms with Gasteiger partial charge in [0.05, 0.1) is 5.92 Å². The fraction of sp³-hybridized carbons (Fsp3) is 0.923. The van der Waals surface area contributed by atoms with Crippen LogP contribution in [0.15, 0.2) is 0 Å². The number of hydrogen-bond donors (Lipinski definition) is 1. The zero-order chi connectivity index (χ0) is 11.4. The van der Waals surface area contributed by atoms with Gasteiger partial charge in [0, 0.05) is 13.1 Å². The second kappa shape index (κ2) is 5.67. The van der Waals surface area contributed by atoms with Gasteiger partial charge in [0.2, 0.25) is 0 Å². The summed E-state index contributed by atoms with van der Waals surface area (Å²) < 4.78 is 0. The van der Waals surface area contributed by atoms with Gasteiger partial charge in [0.1, 0.15) is 0 Å². The van der Waals surface area contributed by atoms with Gasteiger partial charge in [-0.2, -0.15) is 0 Å². The van der Waals surface area contributed by atoms with Gasteiger partial charge in [-0.3, -0.25) is 4.79 Å². The molecule has 0 aromatic heterocycles. The van der Waals surface area contributed by atoms with Crippen LogP contribution in [0, 0.1) is 11.8 Å². The summed E-state index contributed by atoms with van der Waals surface area (Å²) >= 11 is 0. The fourth-order valence-electron chi connectivity index (χ4n) is 3.16. The highest BCUT2D eigenvalue weighted by molar-refractivity contribution is 5.70. The van der Waals surface area contributed by atoms with Crippen molar-refractivity contribution in [2.75, 3.05) is 19.6 Å². The molecule has 0 aromatic rings. The lowest BCUT2D eigenvalue weighted by molar-refractivity contribution is -0.143. The molecule has 1 atom stereocenters. The molecule has 1 saturated carbocycles. The first kappa shape index (κ1) is 11.9. The van der Waals surface area contributed by atoms with Gasteiger partial charge in [-0.25, -0.2) is 0 Å². The molecule has 0 amide bonds. The van der Waals surface area contributed by atoms with E-state index < -0.39 is 5.97 Å². The van der Waals surface area contributed by atoms with Crippen LogP contribution in [0.2, 0.25) is 0 Å². The van der Waals surface area contributed by atoms with Crippen LogP contribution in [0.4, 0.5) is 0 Å². The predicted octanol–water partition coefficient (Wildman–Crippen LogP) is 2.36. The van der Waals surface area contributed by atoms with Gasteiger partial charge in [-0.1, -0.05) is 19.3 Å². The Labute approximate surface area is 97.8 Å². The molecule has 2 aliphatic rings. The van der Waals surface area contributed by atoms with Crippen molar-refractivity contribution in [1.29, 1.82) is 0 Å². The third-order valence-electron chi connectivity index (χ3n) is 4.10. The molecule has 1 N–H and O–H groups in total. The van der Waals surface area contributed by atoms with Crippen molar-refractivity contribution in [1.82, 2.24) is 4.90 Å². The van der Waals surface area contributed by atoms with Crippen LogP contribution in [-0.4, -0.2) is 35.6 Å². The predicted molar refractivity (Wildman–Crippen MR) is 63.4 cm³/mol. The lowest BCUT2D eigenvalue weighted by atomic mass is 9.88. The average molecular weight is 225 g/mol. The molecule has 0 radical (unpaired) electrons. The van der Waals surface area contributed by atoms with Crippen LogP contribution in [-0.2, 0) is 4.79 Å². The van der Waals surface area contributed by atoms with Gasteiger partial charge < -0.3 is 10.0 Å². The van der Waals surface area contributed by atoms with Crippen molar-refractivity contribution in [3.05, 3.63) is 0 Å². The van der Waals surface area contributed by atoms with Gasteiger partial charge in [0.15, 0.2) is 0 Å². The number of carboxylic acid groups (broad SMARTS) is 1. The summed E-state index contributed by atoms with van der Waals surface area (Å²) in [5.41, 5.74) is 0. The first-order valence-corrected chi connectivity index (χ1v) is 6.71. The highest BCUT2D eigenvalue weighted by atomic mass is 16.4. The largest absolute Gasteiger partial charge is 0.481 e. The summed E-state index contributed by atoms with van der Waals surface area (Å²) in [5, 5.41) is 9.04. The molecule has 3 heteroatoms. The summed E-state index contributed by atoms with van der Waals surface area (Å²) in [7, 11) is 0. The Bertz CT molecular complexity index is 236. The Morgan fingerprint density at radius 1 is 1.12 bits per heavy atom. The molecule has 1 aliphatic heterocycles. The number of carboxylic acids is 1. The van der Waals surface area contributed by atoms with Crippen molar-refractivity contribution in [3.8, 4) is 0 Å². The van der Waals surface area contributed by atoms with Crippen molar-refractivity contribution in [3.63, 3.8) is 0 Å². The highest BCUT2D eigenvalue weighted by Crippen LogP contribution is 2.26. The van der Waals surface area contributed by atoms with E-state index in [2.05, 4.69) is 4.90 Å². The molecule has 16 heavy (non-hydrogen) atoms. The van der Waals surface area contributed by atoms with E-state index in [0.29, 0.717) is 0 Å². The van der Waals surface area contributed by atoms with E-state index in [-0.39, 0.29) is 5.92 Å². The van der Waals surface area contributed by atoms with Crippen molar-refractivity contribution >= 4 is 5.97 Å². The number of nitrogens with zero attached hydrogens (tertiary/aromatic N) is 1. The highest BCUT2D eigenvalue weighted by Gasteiger charge is 2.27. The smallest absolute Gasteiger partial charge is 0.307 e. The van der Waals surface area contributed by atoms with Crippen LogP contribution in [0.1, 0.15) is 44.9 Å². The molecule has 2 rings (SSSR count). The van der Waals surface area contributed by atoms with Crippen LogP contribution in [0.3, 0.4) is 0 Å². The normalized spacial score (nSPS) is 29.1. The maximum absolute atomic E-state index is 11.0. The first-order chi connectivity index (χ1) is 7.75. The molecular weight excluding hydrogens is 202 g/mol. The van der Waals surface area contributed by atoms with Gasteiger partial charge in [-0.15, -0.1) is 0 Å². The number of likely N-dealkylation sites (tertiary alicyclic amines) is 1. The molecule has 1 aliphatic carbocycles. The van der Waals surface area contributed by atoms with E-state index in [1.807, 2.05) is 0 Å². The second-order valence-corrected chi connectivity index (χ2v) is 5.44. The molecule has 0 spiro atoms. The summed E-state index contributed by atoms with van der Waals surface area (Å²) in [6.45, 7) is 3.04. The average Bonchev–Trinajstić information content (AvgIpc) is 2.30. The van der Waals surface area contributed by atoms with Crippen LogP contribution >= 0.6 is 0 Å². The Morgan fingerprint density at radius 2 is 1.88 bits per heavy atom. The number of piperidine rings is 1. The van der Waals surface area contributed by atoms with Crippen molar-refractivity contribution < 1.29 is 9.90 Å². The quantitative estimate of drug-likeness (QED) is 0.801. The molecular formula is C13H23NO2. The van der Waals surface area contributed by atoms with E-state index in [1.54, 1.807) is 0 Å². The minimum absolute atomic E-state index is 0.114. The first-order valence-electron chi connectivity index (χ1n) is 6.71. The van der Waals surface area contributed by atoms with E-state index >= 15 is 0 Å². The monoisotopic (exact) mass is 225 g/mol.